The van der Waals surface area contributed by atoms with E-state index in [1.165, 1.54) is 25.7 Å². The average Bonchev–Trinajstić information content (AvgIpc) is 2.15. The van der Waals surface area contributed by atoms with E-state index in [0.29, 0.717) is 0 Å². The Morgan fingerprint density at radius 2 is 1.75 bits per heavy atom. The molecular formula is C14H26O2. The van der Waals surface area contributed by atoms with Gasteiger partial charge in [-0.05, 0) is 44.9 Å². The molecule has 2 aliphatic rings. The number of rotatable bonds is 3. The first-order valence-corrected chi connectivity index (χ1v) is 6.83. The zero-order valence-corrected chi connectivity index (χ0v) is 10.9. The molecular weight excluding hydrogens is 200 g/mol. The Kier molecular flexibility index (Phi) is 3.60. The Labute approximate surface area is 99.4 Å². The number of aliphatic hydroxyl groups is 1. The van der Waals surface area contributed by atoms with E-state index in [4.69, 9.17) is 4.74 Å². The average molecular weight is 226 g/mol. The Morgan fingerprint density at radius 3 is 2.25 bits per heavy atom. The second-order valence-electron chi connectivity index (χ2n) is 6.50. The molecule has 2 heteroatoms. The van der Waals surface area contributed by atoms with Crippen LogP contribution in [0.4, 0.5) is 0 Å². The molecule has 0 heterocycles. The van der Waals surface area contributed by atoms with Gasteiger partial charge in [0.25, 0.3) is 0 Å². The lowest BCUT2D eigenvalue weighted by Crippen LogP contribution is -2.43. The minimum Gasteiger partial charge on any atom is -0.367 e. The molecule has 3 unspecified atom stereocenters. The highest BCUT2D eigenvalue weighted by Crippen LogP contribution is 2.50. The van der Waals surface area contributed by atoms with Gasteiger partial charge in [0, 0.05) is 5.41 Å². The topological polar surface area (TPSA) is 29.5 Å². The summed E-state index contributed by atoms with van der Waals surface area (Å²) < 4.78 is 5.61. The van der Waals surface area contributed by atoms with Crippen molar-refractivity contribution in [1.82, 2.24) is 0 Å². The number of hydrogen-bond acceptors (Lipinski definition) is 2. The van der Waals surface area contributed by atoms with Gasteiger partial charge in [-0.15, -0.1) is 0 Å². The molecule has 0 saturated heterocycles. The standard InChI is InChI=1S/C14H26O2/c1-10(2)16-13(15)14(3)8-11-5-4-6-12(7-11)9-14/h10-13,15H,4-9H2,1-3H3. The van der Waals surface area contributed by atoms with Crippen molar-refractivity contribution in [3.05, 3.63) is 0 Å². The molecule has 16 heavy (non-hydrogen) atoms. The lowest BCUT2D eigenvalue weighted by molar-refractivity contribution is -0.209. The van der Waals surface area contributed by atoms with Gasteiger partial charge in [-0.3, -0.25) is 0 Å². The summed E-state index contributed by atoms with van der Waals surface area (Å²) in [6, 6.07) is 0. The Bertz CT molecular complexity index is 225. The first-order chi connectivity index (χ1) is 7.49. The molecule has 2 nitrogen and oxygen atoms in total. The highest BCUT2D eigenvalue weighted by atomic mass is 16.6. The third-order valence-corrected chi connectivity index (χ3v) is 4.40. The maximum absolute atomic E-state index is 10.2. The van der Waals surface area contributed by atoms with Gasteiger partial charge in [0.05, 0.1) is 6.10 Å². The van der Waals surface area contributed by atoms with Crippen LogP contribution in [0.2, 0.25) is 0 Å². The molecule has 0 aromatic rings. The van der Waals surface area contributed by atoms with Gasteiger partial charge in [0.15, 0.2) is 6.29 Å². The van der Waals surface area contributed by atoms with Gasteiger partial charge < -0.3 is 9.84 Å². The summed E-state index contributed by atoms with van der Waals surface area (Å²) >= 11 is 0. The summed E-state index contributed by atoms with van der Waals surface area (Å²) in [5, 5.41) is 10.2. The summed E-state index contributed by atoms with van der Waals surface area (Å²) in [7, 11) is 0. The van der Waals surface area contributed by atoms with Crippen molar-refractivity contribution in [3.63, 3.8) is 0 Å². The van der Waals surface area contributed by atoms with Gasteiger partial charge >= 0.3 is 0 Å². The lowest BCUT2D eigenvalue weighted by Gasteiger charge is -2.47. The molecule has 0 spiro atoms. The molecule has 2 aliphatic carbocycles. The Hall–Kier alpha value is -0.0800. The van der Waals surface area contributed by atoms with Crippen LogP contribution in [0.15, 0.2) is 0 Å². The van der Waals surface area contributed by atoms with Crippen LogP contribution < -0.4 is 0 Å². The number of ether oxygens (including phenoxy) is 1. The van der Waals surface area contributed by atoms with E-state index in [0.717, 1.165) is 24.7 Å². The number of aliphatic hydroxyl groups excluding tert-OH is 1. The first kappa shape index (κ1) is 12.4. The minimum absolute atomic E-state index is 0.00171. The molecule has 2 fully saturated rings. The molecule has 3 atom stereocenters. The van der Waals surface area contributed by atoms with Crippen molar-refractivity contribution >= 4 is 0 Å². The summed E-state index contributed by atoms with van der Waals surface area (Å²) in [6.07, 6.45) is 7.36. The third kappa shape index (κ3) is 2.60. The normalized spacial score (nSPS) is 41.1. The van der Waals surface area contributed by atoms with Crippen LogP contribution in [0, 0.1) is 17.3 Å². The van der Waals surface area contributed by atoms with E-state index in [1.807, 2.05) is 13.8 Å². The van der Waals surface area contributed by atoms with Gasteiger partial charge in [-0.1, -0.05) is 26.2 Å². The fourth-order valence-electron chi connectivity index (χ4n) is 3.80. The van der Waals surface area contributed by atoms with Gasteiger partial charge in [-0.25, -0.2) is 0 Å². The summed E-state index contributed by atoms with van der Waals surface area (Å²) in [4.78, 5) is 0. The van der Waals surface area contributed by atoms with E-state index >= 15 is 0 Å². The van der Waals surface area contributed by atoms with E-state index in [1.54, 1.807) is 0 Å². The summed E-state index contributed by atoms with van der Waals surface area (Å²) in [6.45, 7) is 6.21. The highest BCUT2D eigenvalue weighted by Gasteiger charge is 2.44. The van der Waals surface area contributed by atoms with Crippen LogP contribution in [0.3, 0.4) is 0 Å². The molecule has 0 aromatic carbocycles. The van der Waals surface area contributed by atoms with Crippen molar-refractivity contribution in [2.75, 3.05) is 0 Å². The van der Waals surface area contributed by atoms with Crippen LogP contribution in [0.5, 0.6) is 0 Å². The maximum atomic E-state index is 10.2. The molecule has 94 valence electrons. The summed E-state index contributed by atoms with van der Waals surface area (Å²) in [5.41, 5.74) is -0.00171. The Morgan fingerprint density at radius 1 is 1.19 bits per heavy atom. The van der Waals surface area contributed by atoms with Crippen molar-refractivity contribution in [2.45, 2.75) is 71.7 Å². The molecule has 0 aliphatic heterocycles. The predicted octanol–water partition coefficient (Wildman–Crippen LogP) is 3.34. The van der Waals surface area contributed by atoms with Crippen molar-refractivity contribution < 1.29 is 9.84 Å². The Balaban J connectivity index is 2.01. The largest absolute Gasteiger partial charge is 0.367 e. The van der Waals surface area contributed by atoms with Crippen molar-refractivity contribution in [2.24, 2.45) is 17.3 Å². The van der Waals surface area contributed by atoms with Gasteiger partial charge in [0.2, 0.25) is 0 Å². The zero-order chi connectivity index (χ0) is 11.8. The fourth-order valence-corrected chi connectivity index (χ4v) is 3.80. The van der Waals surface area contributed by atoms with Crippen molar-refractivity contribution in [1.29, 1.82) is 0 Å². The van der Waals surface area contributed by atoms with Crippen LogP contribution >= 0.6 is 0 Å². The SMILES string of the molecule is CC(C)OC(O)C1(C)CC2CCCC(C2)C1. The molecule has 2 saturated carbocycles. The van der Waals surface area contributed by atoms with E-state index in [-0.39, 0.29) is 11.5 Å². The molecule has 0 amide bonds. The van der Waals surface area contributed by atoms with E-state index in [2.05, 4.69) is 6.92 Å². The van der Waals surface area contributed by atoms with Crippen LogP contribution in [-0.4, -0.2) is 17.5 Å². The molecule has 1 N–H and O–H groups in total. The first-order valence-electron chi connectivity index (χ1n) is 6.83. The number of hydrogen-bond donors (Lipinski definition) is 1. The van der Waals surface area contributed by atoms with Gasteiger partial charge in [-0.2, -0.15) is 0 Å². The van der Waals surface area contributed by atoms with Crippen molar-refractivity contribution in [3.8, 4) is 0 Å². The van der Waals surface area contributed by atoms with E-state index in [9.17, 15) is 5.11 Å². The zero-order valence-electron chi connectivity index (χ0n) is 10.9. The molecule has 0 radical (unpaired) electrons. The quantitative estimate of drug-likeness (QED) is 0.748. The maximum Gasteiger partial charge on any atom is 0.160 e. The van der Waals surface area contributed by atoms with Crippen LogP contribution in [0.1, 0.15) is 59.3 Å². The lowest BCUT2D eigenvalue weighted by atomic mass is 9.61. The number of fused-ring (bicyclic) bond motifs is 2. The monoisotopic (exact) mass is 226 g/mol. The summed E-state index contributed by atoms with van der Waals surface area (Å²) in [5.74, 6) is 1.67. The molecule has 0 aromatic heterocycles. The second-order valence-corrected chi connectivity index (χ2v) is 6.50. The smallest absolute Gasteiger partial charge is 0.160 e. The fraction of sp³-hybridized carbons (Fsp3) is 1.00. The second kappa shape index (κ2) is 4.66. The minimum atomic E-state index is -0.573. The molecule has 2 rings (SSSR count). The van der Waals surface area contributed by atoms with Crippen LogP contribution in [-0.2, 0) is 4.74 Å². The third-order valence-electron chi connectivity index (χ3n) is 4.40. The molecule has 2 bridgehead atoms. The predicted molar refractivity (Wildman–Crippen MR) is 65.0 cm³/mol. The van der Waals surface area contributed by atoms with Crippen LogP contribution in [0.25, 0.3) is 0 Å². The van der Waals surface area contributed by atoms with E-state index < -0.39 is 6.29 Å². The van der Waals surface area contributed by atoms with Gasteiger partial charge in [0.1, 0.15) is 0 Å². The highest BCUT2D eigenvalue weighted by molar-refractivity contribution is 4.91.